The Morgan fingerprint density at radius 2 is 1.69 bits per heavy atom. The molecule has 1 heterocycles. The predicted molar refractivity (Wildman–Crippen MR) is 87.9 cm³/mol. The fraction of sp³-hybridized carbons (Fsp3) is 0.0833. The monoisotopic (exact) mass is 409 g/mol. The zero-order valence-electron chi connectivity index (χ0n) is 13.7. The lowest BCUT2D eigenvalue weighted by molar-refractivity contribution is -0.601. The summed E-state index contributed by atoms with van der Waals surface area (Å²) in [6.45, 7) is 0. The smallest absolute Gasteiger partial charge is 0.307 e. The summed E-state index contributed by atoms with van der Waals surface area (Å²) in [5, 5.41) is 67.9. The quantitative estimate of drug-likeness (QED) is 0.285. The number of rotatable bonds is 4. The lowest BCUT2D eigenvalue weighted by Crippen LogP contribution is -2.35. The van der Waals surface area contributed by atoms with Gasteiger partial charge in [-0.25, -0.2) is 0 Å². The zero-order chi connectivity index (χ0) is 21.6. The predicted octanol–water partition coefficient (Wildman–Crippen LogP) is -0.459. The Hall–Kier alpha value is -4.67. The van der Waals surface area contributed by atoms with Crippen molar-refractivity contribution in [3.8, 4) is 5.69 Å². The lowest BCUT2D eigenvalue weighted by atomic mass is 10.0. The summed E-state index contributed by atoms with van der Waals surface area (Å²) in [5.41, 5.74) is -5.61. The number of H-pyrrole nitrogens is 1. The highest BCUT2D eigenvalue weighted by Crippen LogP contribution is 2.30. The third-order valence-corrected chi connectivity index (χ3v) is 3.94. The van der Waals surface area contributed by atoms with E-state index in [0.29, 0.717) is 16.9 Å². The summed E-state index contributed by atoms with van der Waals surface area (Å²) in [6, 6.07) is 2.22. The standard InChI is InChI=1S/C12H7N7O10/c20-12-9(19(28)29)4-8(18(26)27)10-11(12)15(21)14(13-10)6-2-1-5(16(22)23)3-7(6)17(24)25/h1-4,12-13,20H. The molecular formula is C12H7N7O10. The molecule has 0 spiro atoms. The van der Waals surface area contributed by atoms with Crippen LogP contribution in [0.2, 0.25) is 0 Å². The van der Waals surface area contributed by atoms with E-state index in [1.165, 1.54) is 0 Å². The van der Waals surface area contributed by atoms with E-state index >= 15 is 0 Å². The third-order valence-electron chi connectivity index (χ3n) is 3.94. The number of hydrogen-bond donors (Lipinski definition) is 2. The van der Waals surface area contributed by atoms with Crippen molar-refractivity contribution in [2.45, 2.75) is 6.10 Å². The fourth-order valence-electron chi connectivity index (χ4n) is 2.68. The number of aromatic amines is 1. The molecule has 1 aliphatic carbocycles. The molecule has 0 radical (unpaired) electrons. The van der Waals surface area contributed by atoms with Crippen LogP contribution in [0.1, 0.15) is 17.5 Å². The molecule has 17 nitrogen and oxygen atoms in total. The minimum atomic E-state index is -2.18. The van der Waals surface area contributed by atoms with Crippen molar-refractivity contribution in [2.24, 2.45) is 0 Å². The van der Waals surface area contributed by atoms with E-state index in [1.807, 2.05) is 0 Å². The van der Waals surface area contributed by atoms with Gasteiger partial charge >= 0.3 is 5.69 Å². The average Bonchev–Trinajstić information content (AvgIpc) is 2.98. The van der Waals surface area contributed by atoms with Crippen LogP contribution in [-0.2, 0) is 0 Å². The first kappa shape index (κ1) is 19.1. The first-order valence-corrected chi connectivity index (χ1v) is 7.31. The number of allylic oxidation sites excluding steroid dienone is 1. The number of nitrogens with one attached hydrogen (secondary N) is 1. The summed E-state index contributed by atoms with van der Waals surface area (Å²) in [5.74, 6) is 0. The number of nitrogens with zero attached hydrogens (tertiary/aromatic N) is 6. The molecule has 150 valence electrons. The Morgan fingerprint density at radius 3 is 2.21 bits per heavy atom. The highest BCUT2D eigenvalue weighted by molar-refractivity contribution is 6.06. The van der Waals surface area contributed by atoms with Gasteiger partial charge in [0.15, 0.2) is 0 Å². The van der Waals surface area contributed by atoms with Crippen LogP contribution in [0.3, 0.4) is 0 Å². The highest BCUT2D eigenvalue weighted by atomic mass is 16.8. The third kappa shape index (κ3) is 2.92. The van der Waals surface area contributed by atoms with Crippen LogP contribution < -0.4 is 4.54 Å². The van der Waals surface area contributed by atoms with Crippen molar-refractivity contribution in [3.63, 3.8) is 0 Å². The Kier molecular flexibility index (Phi) is 4.28. The number of benzene rings is 1. The number of fused-ring (bicyclic) bond motifs is 1. The largest absolute Gasteiger partial charge is 0.612 e. The summed E-state index contributed by atoms with van der Waals surface area (Å²) >= 11 is 0. The van der Waals surface area contributed by atoms with Gasteiger partial charge in [-0.1, -0.05) is 0 Å². The highest BCUT2D eigenvalue weighted by Gasteiger charge is 2.46. The molecule has 0 bridgehead atoms. The van der Waals surface area contributed by atoms with E-state index in [0.717, 1.165) is 12.1 Å². The maximum absolute atomic E-state index is 12.6. The summed E-state index contributed by atoms with van der Waals surface area (Å²) < 4.78 is -0.242. The fourth-order valence-corrected chi connectivity index (χ4v) is 2.68. The molecule has 1 atom stereocenters. The molecule has 0 fully saturated rings. The molecule has 0 saturated carbocycles. The molecule has 1 aromatic carbocycles. The van der Waals surface area contributed by atoms with Gasteiger partial charge in [-0.15, -0.1) is 0 Å². The van der Waals surface area contributed by atoms with Crippen LogP contribution in [0.5, 0.6) is 0 Å². The van der Waals surface area contributed by atoms with Crippen molar-refractivity contribution in [1.82, 2.24) is 9.90 Å². The number of aromatic nitrogens is 3. The first-order valence-electron chi connectivity index (χ1n) is 7.31. The second-order valence-electron chi connectivity index (χ2n) is 5.52. The van der Waals surface area contributed by atoms with E-state index in [9.17, 15) is 50.8 Å². The second kappa shape index (κ2) is 6.49. The first-order chi connectivity index (χ1) is 13.5. The van der Waals surface area contributed by atoms with Gasteiger partial charge in [-0.2, -0.15) is 10.0 Å². The lowest BCUT2D eigenvalue weighted by Gasteiger charge is -2.11. The Bertz CT molecular complexity index is 1200. The van der Waals surface area contributed by atoms with Crippen LogP contribution in [0.4, 0.5) is 11.4 Å². The molecule has 1 aliphatic rings. The summed E-state index contributed by atoms with van der Waals surface area (Å²) in [4.78, 5) is 42.0. The van der Waals surface area contributed by atoms with Gasteiger partial charge < -0.3 is 15.5 Å². The van der Waals surface area contributed by atoms with Gasteiger partial charge in [0.05, 0.1) is 31.5 Å². The molecule has 0 aliphatic heterocycles. The van der Waals surface area contributed by atoms with Crippen molar-refractivity contribution >= 4 is 17.1 Å². The van der Waals surface area contributed by atoms with Gasteiger partial charge in [0.1, 0.15) is 0 Å². The normalized spacial score (nSPS) is 15.4. The number of aliphatic hydroxyl groups is 1. The molecule has 2 N–H and O–H groups in total. The molecule has 1 unspecified atom stereocenters. The number of hydrogen-bond acceptors (Lipinski definition) is 10. The Labute approximate surface area is 156 Å². The topological polar surface area (TPSA) is 242 Å². The van der Waals surface area contributed by atoms with Gasteiger partial charge in [0, 0.05) is 6.07 Å². The van der Waals surface area contributed by atoms with Gasteiger partial charge in [-0.3, -0.25) is 30.3 Å². The molecular weight excluding hydrogens is 402 g/mol. The maximum Gasteiger partial charge on any atom is 0.307 e. The molecule has 17 heteroatoms. The van der Waals surface area contributed by atoms with Gasteiger partial charge in [0.25, 0.3) is 28.5 Å². The molecule has 1 aromatic heterocycles. The SMILES string of the molecule is O=[N+]([O-])C1=CC(=[N+]([O-])[O-])c2[nH]n(-c3ccc([N+](=O)[O-])cc3[N+](=O)[O-])[n+](=O)c2C1O. The van der Waals surface area contributed by atoms with E-state index in [2.05, 4.69) is 5.10 Å². The van der Waals surface area contributed by atoms with Crippen LogP contribution in [0.25, 0.3) is 5.69 Å². The molecule has 0 amide bonds. The van der Waals surface area contributed by atoms with E-state index in [-0.39, 0.29) is 4.54 Å². The van der Waals surface area contributed by atoms with E-state index in [1.54, 1.807) is 0 Å². The minimum Gasteiger partial charge on any atom is -0.612 e. The molecule has 0 saturated heterocycles. The molecule has 2 aromatic rings. The van der Waals surface area contributed by atoms with Crippen LogP contribution in [0.15, 0.2) is 30.0 Å². The number of nitro groups is 3. The summed E-state index contributed by atoms with van der Waals surface area (Å²) in [6.07, 6.45) is -1.74. The average molecular weight is 409 g/mol. The number of aliphatic hydroxyl groups excluding tert-OH is 1. The van der Waals surface area contributed by atoms with Gasteiger partial charge in [-0.05, 0) is 15.8 Å². The molecule has 29 heavy (non-hydrogen) atoms. The Balaban J connectivity index is 2.32. The second-order valence-corrected chi connectivity index (χ2v) is 5.52. The van der Waals surface area contributed by atoms with Crippen molar-refractivity contribution in [2.75, 3.05) is 0 Å². The van der Waals surface area contributed by atoms with Crippen molar-refractivity contribution in [1.29, 1.82) is 0 Å². The van der Waals surface area contributed by atoms with E-state index in [4.69, 9.17) is 0 Å². The van der Waals surface area contributed by atoms with Crippen molar-refractivity contribution < 1.29 is 29.3 Å². The van der Waals surface area contributed by atoms with Crippen molar-refractivity contribution in [3.05, 3.63) is 87.0 Å². The van der Waals surface area contributed by atoms with E-state index < -0.39 is 65.6 Å². The Morgan fingerprint density at radius 1 is 1.03 bits per heavy atom. The van der Waals surface area contributed by atoms with Gasteiger partial charge in [0.2, 0.25) is 11.8 Å². The van der Waals surface area contributed by atoms with Crippen LogP contribution in [0, 0.1) is 45.7 Å². The molecule has 3 rings (SSSR count). The number of non-ortho nitro benzene ring substituents is 1. The zero-order valence-corrected chi connectivity index (χ0v) is 13.7. The maximum atomic E-state index is 12.6. The minimum absolute atomic E-state index is 0.242. The number of nitro benzene ring substituents is 2. The summed E-state index contributed by atoms with van der Waals surface area (Å²) in [7, 11) is 0. The van der Waals surface area contributed by atoms with Crippen LogP contribution >= 0.6 is 0 Å². The van der Waals surface area contributed by atoms with Crippen LogP contribution in [-0.4, -0.2) is 40.4 Å².